The summed E-state index contributed by atoms with van der Waals surface area (Å²) in [5.74, 6) is 1.25. The minimum absolute atomic E-state index is 0.0197. The molecule has 5 rings (SSSR count). The number of likely N-dealkylation sites (tertiary alicyclic amines) is 1. The van der Waals surface area contributed by atoms with Crippen LogP contribution in [0, 0.1) is 0 Å². The molecule has 162 valence electrons. The Bertz CT molecular complexity index is 1150. The van der Waals surface area contributed by atoms with Crippen molar-refractivity contribution >= 4 is 46.0 Å². The second-order valence-electron chi connectivity index (χ2n) is 8.13. The maximum atomic E-state index is 12.3. The number of H-pyrrole nitrogens is 1. The molecule has 3 aromatic heterocycles. The van der Waals surface area contributed by atoms with E-state index in [1.54, 1.807) is 12.4 Å². The predicted molar refractivity (Wildman–Crippen MR) is 121 cm³/mol. The van der Waals surface area contributed by atoms with Crippen molar-refractivity contribution in [2.24, 2.45) is 0 Å². The number of anilines is 3. The lowest BCUT2D eigenvalue weighted by molar-refractivity contribution is -0.128. The Morgan fingerprint density at radius 2 is 2.26 bits per heavy atom. The van der Waals surface area contributed by atoms with Crippen molar-refractivity contribution in [3.63, 3.8) is 0 Å². The molecule has 0 aromatic carbocycles. The van der Waals surface area contributed by atoms with Crippen LogP contribution in [-0.2, 0) is 11.3 Å². The van der Waals surface area contributed by atoms with Gasteiger partial charge in [-0.15, -0.1) is 0 Å². The molecule has 0 bridgehead atoms. The van der Waals surface area contributed by atoms with E-state index in [0.717, 1.165) is 55.8 Å². The Morgan fingerprint density at radius 3 is 2.97 bits per heavy atom. The maximum absolute atomic E-state index is 12.3. The van der Waals surface area contributed by atoms with Crippen LogP contribution in [0.4, 0.5) is 17.5 Å². The third kappa shape index (κ3) is 3.33. The van der Waals surface area contributed by atoms with Crippen LogP contribution in [0.5, 0.6) is 0 Å². The van der Waals surface area contributed by atoms with Gasteiger partial charge in [0, 0.05) is 38.6 Å². The molecule has 0 saturated carbocycles. The zero-order valence-electron chi connectivity index (χ0n) is 17.4. The van der Waals surface area contributed by atoms with E-state index in [0.29, 0.717) is 23.2 Å². The second-order valence-corrected chi connectivity index (χ2v) is 8.54. The number of piperidine rings is 1. The van der Waals surface area contributed by atoms with Gasteiger partial charge >= 0.3 is 0 Å². The molecule has 2 aliphatic rings. The summed E-state index contributed by atoms with van der Waals surface area (Å²) >= 11 is 6.52. The molecule has 31 heavy (non-hydrogen) atoms. The fourth-order valence-electron chi connectivity index (χ4n) is 4.68. The molecule has 10 heteroatoms. The Balaban J connectivity index is 1.51. The Morgan fingerprint density at radius 1 is 1.39 bits per heavy atom. The summed E-state index contributed by atoms with van der Waals surface area (Å²) in [6.45, 7) is 8.75. The van der Waals surface area contributed by atoms with Gasteiger partial charge in [-0.2, -0.15) is 15.1 Å². The van der Waals surface area contributed by atoms with E-state index in [1.165, 1.54) is 6.08 Å². The Hall–Kier alpha value is -3.07. The number of aryl methyl sites for hydroxylation is 1. The highest BCUT2D eigenvalue weighted by atomic mass is 35.5. The Kier molecular flexibility index (Phi) is 4.85. The normalized spacial score (nSPS) is 20.8. The molecule has 5 heterocycles. The largest absolute Gasteiger partial charge is 0.348 e. The van der Waals surface area contributed by atoms with Gasteiger partial charge in [0.05, 0.1) is 27.8 Å². The molecular formula is C21H25ClN8O. The van der Waals surface area contributed by atoms with Gasteiger partial charge in [0.1, 0.15) is 11.5 Å². The van der Waals surface area contributed by atoms with E-state index in [4.69, 9.17) is 16.6 Å². The number of nitrogens with zero attached hydrogens (tertiary/aromatic N) is 6. The highest BCUT2D eigenvalue weighted by molar-refractivity contribution is 6.36. The molecule has 0 radical (unpaired) electrons. The standard InChI is InChI=1S/C21H25ClN8O/c1-3-16(31)28-8-5-6-21(13-28)7-9-30(21)19-17-15(22)11-23-18(17)26-20(27-19)25-14-10-24-29(4-2)12-14/h3,10-12H,1,4-9,13H2,2H3,(H2,23,25,26,27). The van der Waals surface area contributed by atoms with Gasteiger partial charge in [0.25, 0.3) is 0 Å². The molecule has 3 aromatic rings. The summed E-state index contributed by atoms with van der Waals surface area (Å²) in [5.41, 5.74) is 1.37. The molecule has 2 fully saturated rings. The van der Waals surface area contributed by atoms with Crippen LogP contribution in [0.3, 0.4) is 0 Å². The first-order chi connectivity index (χ1) is 15.0. The van der Waals surface area contributed by atoms with E-state index in [-0.39, 0.29) is 11.4 Å². The summed E-state index contributed by atoms with van der Waals surface area (Å²) < 4.78 is 1.84. The van der Waals surface area contributed by atoms with E-state index in [1.807, 2.05) is 22.7 Å². The van der Waals surface area contributed by atoms with Crippen LogP contribution < -0.4 is 10.2 Å². The van der Waals surface area contributed by atoms with Gasteiger partial charge in [-0.05, 0) is 32.3 Å². The van der Waals surface area contributed by atoms with E-state index >= 15 is 0 Å². The fraction of sp³-hybridized carbons (Fsp3) is 0.429. The molecule has 2 N–H and O–H groups in total. The SMILES string of the molecule is C=CC(=O)N1CCCC2(CCN2c2nc(Nc3cnn(CC)c3)nc3[nH]cc(Cl)c23)C1. The number of hydrogen-bond acceptors (Lipinski definition) is 6. The number of aromatic amines is 1. The monoisotopic (exact) mass is 440 g/mol. The number of rotatable bonds is 5. The molecule has 0 aliphatic carbocycles. The van der Waals surface area contributed by atoms with Gasteiger partial charge in [-0.25, -0.2) is 0 Å². The van der Waals surface area contributed by atoms with Gasteiger partial charge in [-0.3, -0.25) is 9.48 Å². The maximum Gasteiger partial charge on any atom is 0.246 e. The summed E-state index contributed by atoms with van der Waals surface area (Å²) in [6.07, 6.45) is 9.77. The average Bonchev–Trinajstić information content (AvgIpc) is 3.39. The van der Waals surface area contributed by atoms with Crippen molar-refractivity contribution in [1.29, 1.82) is 0 Å². The van der Waals surface area contributed by atoms with Crippen molar-refractivity contribution in [3.05, 3.63) is 36.3 Å². The molecule has 1 spiro atoms. The molecule has 1 amide bonds. The quantitative estimate of drug-likeness (QED) is 0.591. The minimum Gasteiger partial charge on any atom is -0.348 e. The lowest BCUT2D eigenvalue weighted by Crippen LogP contribution is -2.68. The van der Waals surface area contributed by atoms with Crippen molar-refractivity contribution in [3.8, 4) is 0 Å². The van der Waals surface area contributed by atoms with Gasteiger partial charge < -0.3 is 20.1 Å². The number of halogens is 1. The fourth-order valence-corrected chi connectivity index (χ4v) is 4.91. The smallest absolute Gasteiger partial charge is 0.246 e. The van der Waals surface area contributed by atoms with Crippen molar-refractivity contribution in [2.75, 3.05) is 29.9 Å². The van der Waals surface area contributed by atoms with Crippen molar-refractivity contribution in [2.45, 2.75) is 38.3 Å². The molecule has 1 unspecified atom stereocenters. The molecular weight excluding hydrogens is 416 g/mol. The van der Waals surface area contributed by atoms with Crippen LogP contribution in [0.15, 0.2) is 31.2 Å². The molecule has 1 atom stereocenters. The molecule has 2 aliphatic heterocycles. The number of amides is 1. The average molecular weight is 441 g/mol. The van der Waals surface area contributed by atoms with Gasteiger partial charge in [-0.1, -0.05) is 18.2 Å². The number of aromatic nitrogens is 5. The summed E-state index contributed by atoms with van der Waals surface area (Å²) in [5, 5.41) is 8.95. The third-order valence-corrected chi connectivity index (χ3v) is 6.65. The second kappa shape index (κ2) is 7.56. The summed E-state index contributed by atoms with van der Waals surface area (Å²) in [4.78, 5) is 29.1. The highest BCUT2D eigenvalue weighted by Gasteiger charge is 2.49. The van der Waals surface area contributed by atoms with E-state index in [2.05, 4.69) is 31.9 Å². The predicted octanol–water partition coefficient (Wildman–Crippen LogP) is 3.33. The number of hydrogen-bond donors (Lipinski definition) is 2. The number of carbonyl (C=O) groups is 1. The first-order valence-electron chi connectivity index (χ1n) is 10.6. The van der Waals surface area contributed by atoms with E-state index in [9.17, 15) is 4.79 Å². The third-order valence-electron chi connectivity index (χ3n) is 6.35. The van der Waals surface area contributed by atoms with Crippen molar-refractivity contribution < 1.29 is 4.79 Å². The van der Waals surface area contributed by atoms with Crippen LogP contribution in [-0.4, -0.2) is 60.7 Å². The first kappa shape index (κ1) is 19.9. The van der Waals surface area contributed by atoms with Crippen molar-refractivity contribution in [1.82, 2.24) is 29.6 Å². The van der Waals surface area contributed by atoms with Crippen LogP contribution in [0.25, 0.3) is 11.0 Å². The van der Waals surface area contributed by atoms with Crippen LogP contribution in [0.1, 0.15) is 26.2 Å². The number of fused-ring (bicyclic) bond motifs is 1. The molecule has 2 saturated heterocycles. The first-order valence-corrected chi connectivity index (χ1v) is 10.9. The van der Waals surface area contributed by atoms with Gasteiger partial charge in [0.2, 0.25) is 11.9 Å². The molecule has 9 nitrogen and oxygen atoms in total. The highest BCUT2D eigenvalue weighted by Crippen LogP contribution is 2.45. The van der Waals surface area contributed by atoms with E-state index < -0.39 is 0 Å². The lowest BCUT2D eigenvalue weighted by Gasteiger charge is -2.57. The Labute approximate surface area is 185 Å². The topological polar surface area (TPSA) is 95.0 Å². The lowest BCUT2D eigenvalue weighted by atomic mass is 9.77. The zero-order chi connectivity index (χ0) is 21.6. The number of nitrogens with one attached hydrogen (secondary N) is 2. The summed E-state index contributed by atoms with van der Waals surface area (Å²) in [7, 11) is 0. The van der Waals surface area contributed by atoms with Crippen LogP contribution >= 0.6 is 11.6 Å². The van der Waals surface area contributed by atoms with Gasteiger partial charge in [0.15, 0.2) is 0 Å². The minimum atomic E-state index is -0.136. The zero-order valence-corrected chi connectivity index (χ0v) is 18.2. The number of carbonyl (C=O) groups excluding carboxylic acids is 1. The summed E-state index contributed by atoms with van der Waals surface area (Å²) in [6, 6.07) is 0. The van der Waals surface area contributed by atoms with Crippen LogP contribution in [0.2, 0.25) is 5.02 Å².